The van der Waals surface area contributed by atoms with Crippen LogP contribution in [0.5, 0.6) is 0 Å². The summed E-state index contributed by atoms with van der Waals surface area (Å²) in [5.74, 6) is -0.253. The van der Waals surface area contributed by atoms with Crippen molar-refractivity contribution in [2.45, 2.75) is 51.5 Å². The molecule has 0 fully saturated rings. The highest BCUT2D eigenvalue weighted by molar-refractivity contribution is 7.12. The molecule has 1 aliphatic heterocycles. The molecule has 0 unspecified atom stereocenters. The van der Waals surface area contributed by atoms with E-state index in [4.69, 9.17) is 0 Å². The molecule has 2 aliphatic rings. The van der Waals surface area contributed by atoms with Gasteiger partial charge in [-0.3, -0.25) is 0 Å². The van der Waals surface area contributed by atoms with Crippen LogP contribution >= 0.6 is 11.3 Å². The Balaban J connectivity index is 1.50. The molecule has 0 saturated heterocycles. The minimum atomic E-state index is -0.253. The number of hydrogen-bond acceptors (Lipinski definition) is 2. The Kier molecular flexibility index (Phi) is 5.53. The lowest BCUT2D eigenvalue weighted by Gasteiger charge is -2.36. The van der Waals surface area contributed by atoms with Crippen molar-refractivity contribution in [2.75, 3.05) is 11.9 Å². The van der Waals surface area contributed by atoms with Gasteiger partial charge < -0.3 is 10.2 Å². The van der Waals surface area contributed by atoms with Gasteiger partial charge in [0, 0.05) is 22.0 Å². The summed E-state index contributed by atoms with van der Waals surface area (Å²) in [4.78, 5) is 18.0. The first-order valence-electron chi connectivity index (χ1n) is 11.2. The van der Waals surface area contributed by atoms with E-state index in [-0.39, 0.29) is 17.9 Å². The molecule has 1 aliphatic carbocycles. The van der Waals surface area contributed by atoms with Crippen LogP contribution in [0, 0.1) is 5.82 Å². The highest BCUT2D eigenvalue weighted by Gasteiger charge is 2.36. The molecule has 2 heterocycles. The lowest BCUT2D eigenvalue weighted by molar-refractivity contribution is 0.195. The molecular weight excluding hydrogens is 407 g/mol. The predicted octanol–water partition coefficient (Wildman–Crippen LogP) is 6.51. The maximum atomic E-state index is 13.7. The van der Waals surface area contributed by atoms with Gasteiger partial charge in [-0.15, -0.1) is 11.3 Å². The fourth-order valence-corrected chi connectivity index (χ4v) is 6.45. The van der Waals surface area contributed by atoms with Crippen LogP contribution in [0.3, 0.4) is 0 Å². The van der Waals surface area contributed by atoms with Crippen LogP contribution in [-0.4, -0.2) is 17.5 Å². The van der Waals surface area contributed by atoms with E-state index in [1.54, 1.807) is 0 Å². The number of aryl methyl sites for hydroxylation is 2. The summed E-state index contributed by atoms with van der Waals surface area (Å²) < 4.78 is 13.7. The van der Waals surface area contributed by atoms with Crippen molar-refractivity contribution in [1.82, 2.24) is 4.90 Å². The van der Waals surface area contributed by atoms with Crippen LogP contribution in [0.25, 0.3) is 0 Å². The Bertz CT molecular complexity index is 1090. The highest BCUT2D eigenvalue weighted by Crippen LogP contribution is 2.45. The fraction of sp³-hybridized carbons (Fsp3) is 0.346. The molecule has 5 rings (SSSR count). The largest absolute Gasteiger partial charge is 0.322 e. The number of urea groups is 1. The van der Waals surface area contributed by atoms with Crippen molar-refractivity contribution in [3.63, 3.8) is 0 Å². The summed E-state index contributed by atoms with van der Waals surface area (Å²) in [6.45, 7) is 2.78. The van der Waals surface area contributed by atoms with Gasteiger partial charge in [0.15, 0.2) is 0 Å². The van der Waals surface area contributed by atoms with Gasteiger partial charge >= 0.3 is 6.03 Å². The first kappa shape index (κ1) is 20.3. The third kappa shape index (κ3) is 3.87. The van der Waals surface area contributed by atoms with Gasteiger partial charge in [0.25, 0.3) is 0 Å². The second kappa shape index (κ2) is 8.46. The highest BCUT2D eigenvalue weighted by atomic mass is 32.1. The molecule has 31 heavy (non-hydrogen) atoms. The van der Waals surface area contributed by atoms with E-state index >= 15 is 0 Å². The van der Waals surface area contributed by atoms with Gasteiger partial charge in [0.1, 0.15) is 5.82 Å². The molecule has 3 aromatic rings. The van der Waals surface area contributed by atoms with Crippen molar-refractivity contribution < 1.29 is 9.18 Å². The molecule has 2 amide bonds. The molecule has 1 atom stereocenters. The summed E-state index contributed by atoms with van der Waals surface area (Å²) >= 11 is 1.86. The molecule has 0 spiro atoms. The van der Waals surface area contributed by atoms with E-state index in [9.17, 15) is 9.18 Å². The van der Waals surface area contributed by atoms with Gasteiger partial charge in [-0.2, -0.15) is 0 Å². The van der Waals surface area contributed by atoms with Gasteiger partial charge in [0.05, 0.1) is 6.04 Å². The SMILES string of the molecule is CCc1ccc(NC(=O)N2CCc3c(sc4c3CCCC4)[C@@H]2c2ccc(F)cc2)cc1. The number of thiophene rings is 1. The third-order valence-electron chi connectivity index (χ3n) is 6.53. The Morgan fingerprint density at radius 2 is 1.77 bits per heavy atom. The second-order valence-corrected chi connectivity index (χ2v) is 9.57. The molecular formula is C26H27FN2OS. The standard InChI is InChI=1S/C26H27FN2OS/c1-2-17-7-13-20(14-8-17)28-26(30)29-16-15-22-21-5-3-4-6-23(21)31-25(22)24(29)18-9-11-19(27)12-10-18/h7-14,24H,2-6,15-16H2,1H3,(H,28,30)/t24-/m0/s1. The predicted molar refractivity (Wildman–Crippen MR) is 124 cm³/mol. The van der Waals surface area contributed by atoms with E-state index in [1.165, 1.54) is 51.4 Å². The Morgan fingerprint density at radius 3 is 2.52 bits per heavy atom. The van der Waals surface area contributed by atoms with E-state index in [0.717, 1.165) is 36.9 Å². The van der Waals surface area contributed by atoms with E-state index < -0.39 is 0 Å². The lowest BCUT2D eigenvalue weighted by Crippen LogP contribution is -2.42. The number of hydrogen-bond donors (Lipinski definition) is 1. The molecule has 160 valence electrons. The van der Waals surface area contributed by atoms with Crippen LogP contribution in [0.15, 0.2) is 48.5 Å². The molecule has 0 saturated carbocycles. The number of fused-ring (bicyclic) bond motifs is 3. The van der Waals surface area contributed by atoms with Crippen molar-refractivity contribution in [1.29, 1.82) is 0 Å². The van der Waals surface area contributed by atoms with Crippen molar-refractivity contribution in [3.8, 4) is 0 Å². The summed E-state index contributed by atoms with van der Waals surface area (Å²) in [5.41, 5.74) is 5.97. The molecule has 1 aromatic heterocycles. The first-order valence-corrected chi connectivity index (χ1v) is 12.0. The van der Waals surface area contributed by atoms with Gasteiger partial charge in [-0.25, -0.2) is 9.18 Å². The second-order valence-electron chi connectivity index (χ2n) is 8.43. The number of amides is 2. The van der Waals surface area contributed by atoms with Crippen LogP contribution in [-0.2, 0) is 25.7 Å². The number of anilines is 1. The topological polar surface area (TPSA) is 32.3 Å². The lowest BCUT2D eigenvalue weighted by atomic mass is 9.88. The van der Waals surface area contributed by atoms with Crippen LogP contribution in [0.2, 0.25) is 0 Å². The number of rotatable bonds is 3. The maximum Gasteiger partial charge on any atom is 0.322 e. The Hall–Kier alpha value is -2.66. The first-order chi connectivity index (χ1) is 15.1. The molecule has 0 bridgehead atoms. The van der Waals surface area contributed by atoms with Gasteiger partial charge in [0.2, 0.25) is 0 Å². The number of carbonyl (C=O) groups is 1. The number of nitrogens with one attached hydrogen (secondary N) is 1. The van der Waals surface area contributed by atoms with Crippen LogP contribution < -0.4 is 5.32 Å². The van der Waals surface area contributed by atoms with E-state index in [0.29, 0.717) is 6.54 Å². The third-order valence-corrected chi connectivity index (χ3v) is 7.92. The molecule has 5 heteroatoms. The van der Waals surface area contributed by atoms with Crippen molar-refractivity contribution in [2.24, 2.45) is 0 Å². The molecule has 1 N–H and O–H groups in total. The average Bonchev–Trinajstić information content (AvgIpc) is 3.18. The smallest absolute Gasteiger partial charge is 0.312 e. The van der Waals surface area contributed by atoms with Crippen LogP contribution in [0.4, 0.5) is 14.9 Å². The quantitative estimate of drug-likeness (QED) is 0.501. The minimum Gasteiger partial charge on any atom is -0.312 e. The monoisotopic (exact) mass is 434 g/mol. The molecule has 3 nitrogen and oxygen atoms in total. The van der Waals surface area contributed by atoms with E-state index in [2.05, 4.69) is 24.4 Å². The molecule has 0 radical (unpaired) electrons. The van der Waals surface area contributed by atoms with Gasteiger partial charge in [-0.05, 0) is 85.0 Å². The Morgan fingerprint density at radius 1 is 1.03 bits per heavy atom. The van der Waals surface area contributed by atoms with Crippen molar-refractivity contribution in [3.05, 3.63) is 86.4 Å². The number of benzene rings is 2. The zero-order chi connectivity index (χ0) is 21.4. The van der Waals surface area contributed by atoms with Gasteiger partial charge in [-0.1, -0.05) is 31.2 Å². The number of carbonyl (C=O) groups excluding carboxylic acids is 1. The average molecular weight is 435 g/mol. The normalized spacial score (nSPS) is 17.7. The summed E-state index contributed by atoms with van der Waals surface area (Å²) in [5, 5.41) is 3.08. The fourth-order valence-electron chi connectivity index (χ4n) is 4.86. The number of nitrogens with zero attached hydrogens (tertiary/aromatic N) is 1. The zero-order valence-electron chi connectivity index (χ0n) is 17.8. The maximum absolute atomic E-state index is 13.7. The molecule has 2 aromatic carbocycles. The Labute approximate surface area is 186 Å². The van der Waals surface area contributed by atoms with Crippen LogP contribution in [0.1, 0.15) is 57.8 Å². The number of halogens is 1. The summed E-state index contributed by atoms with van der Waals surface area (Å²) in [7, 11) is 0. The van der Waals surface area contributed by atoms with Crippen molar-refractivity contribution >= 4 is 23.1 Å². The minimum absolute atomic E-state index is 0.101. The zero-order valence-corrected chi connectivity index (χ0v) is 18.6. The summed E-state index contributed by atoms with van der Waals surface area (Å²) in [6.07, 6.45) is 6.63. The van der Waals surface area contributed by atoms with E-state index in [1.807, 2.05) is 40.5 Å². The summed E-state index contributed by atoms with van der Waals surface area (Å²) in [6, 6.07) is 14.4.